The van der Waals surface area contributed by atoms with Gasteiger partial charge in [0, 0.05) is 19.2 Å². The molecular weight excluding hydrogens is 470 g/mol. The van der Waals surface area contributed by atoms with E-state index in [2.05, 4.69) is 0 Å². The molecule has 1 heterocycles. The maximum Gasteiger partial charge on any atom is 0.431 e. The van der Waals surface area contributed by atoms with Gasteiger partial charge in [0.15, 0.2) is 17.3 Å². The van der Waals surface area contributed by atoms with Crippen molar-refractivity contribution >= 4 is 17.4 Å². The average molecular weight is 486 g/mol. The number of ketones is 1. The van der Waals surface area contributed by atoms with Crippen LogP contribution in [0.2, 0.25) is 5.02 Å². The molecule has 174 valence electrons. The van der Waals surface area contributed by atoms with Crippen LogP contribution >= 0.6 is 11.6 Å². The molecule has 1 aromatic heterocycles. The lowest BCUT2D eigenvalue weighted by Crippen LogP contribution is -2.41. The highest BCUT2D eigenvalue weighted by Crippen LogP contribution is 2.37. The molecular formula is C21H16ClF4N3O4. The van der Waals surface area contributed by atoms with Crippen LogP contribution in [-0.2, 0) is 18.0 Å². The maximum atomic E-state index is 14.7. The minimum Gasteiger partial charge on any atom is -0.482 e. The third kappa shape index (κ3) is 5.08. The van der Waals surface area contributed by atoms with E-state index in [9.17, 15) is 27.2 Å². The Bertz CT molecular complexity index is 1350. The average Bonchev–Trinajstić information content (AvgIpc) is 2.72. The SMILES string of the molecule is CC(=O)COc1ccccc1Oc1cc(-n2c(=N)cc(C(F)(F)F)n(C)c2=O)c(F)cc1Cl. The molecule has 0 aliphatic heterocycles. The van der Waals surface area contributed by atoms with Crippen LogP contribution in [0, 0.1) is 11.2 Å². The molecule has 3 rings (SSSR count). The van der Waals surface area contributed by atoms with Gasteiger partial charge in [0.05, 0.1) is 10.7 Å². The Balaban J connectivity index is 2.12. The fraction of sp³-hybridized carbons (Fsp3) is 0.190. The Kier molecular flexibility index (Phi) is 6.63. The third-order valence-corrected chi connectivity index (χ3v) is 4.68. The number of carbonyl (C=O) groups is 1. The van der Waals surface area contributed by atoms with Crippen molar-refractivity contribution < 1.29 is 31.8 Å². The number of nitrogens with zero attached hydrogens (tertiary/aromatic N) is 2. The van der Waals surface area contributed by atoms with E-state index in [-0.39, 0.29) is 39.2 Å². The molecule has 0 spiro atoms. The van der Waals surface area contributed by atoms with E-state index >= 15 is 0 Å². The minimum absolute atomic E-state index is 0.106. The summed E-state index contributed by atoms with van der Waals surface area (Å²) in [6.45, 7) is 1.09. The van der Waals surface area contributed by atoms with Crippen LogP contribution in [0.5, 0.6) is 17.2 Å². The summed E-state index contributed by atoms with van der Waals surface area (Å²) >= 11 is 6.07. The zero-order valence-electron chi connectivity index (χ0n) is 17.2. The van der Waals surface area contributed by atoms with Gasteiger partial charge in [-0.3, -0.25) is 14.8 Å². The number of rotatable bonds is 6. The van der Waals surface area contributed by atoms with Crippen molar-refractivity contribution in [3.05, 3.63) is 75.0 Å². The number of carbonyl (C=O) groups excluding carboxylic acids is 1. The Morgan fingerprint density at radius 3 is 2.36 bits per heavy atom. The Morgan fingerprint density at radius 1 is 1.12 bits per heavy atom. The Labute approximate surface area is 188 Å². The summed E-state index contributed by atoms with van der Waals surface area (Å²) in [7, 11) is 0.856. The molecule has 1 N–H and O–H groups in total. The van der Waals surface area contributed by atoms with E-state index in [1.54, 1.807) is 12.1 Å². The molecule has 0 saturated heterocycles. The largest absolute Gasteiger partial charge is 0.482 e. The molecule has 0 radical (unpaired) electrons. The zero-order chi connectivity index (χ0) is 24.5. The predicted molar refractivity (Wildman–Crippen MR) is 110 cm³/mol. The summed E-state index contributed by atoms with van der Waals surface area (Å²) in [5.41, 5.74) is -4.11. The lowest BCUT2D eigenvalue weighted by molar-refractivity contribution is -0.144. The summed E-state index contributed by atoms with van der Waals surface area (Å²) in [5.74, 6) is -1.20. The second-order valence-electron chi connectivity index (χ2n) is 6.86. The smallest absolute Gasteiger partial charge is 0.431 e. The van der Waals surface area contributed by atoms with E-state index in [4.69, 9.17) is 26.5 Å². The quantitative estimate of drug-likeness (QED) is 0.529. The molecule has 0 unspecified atom stereocenters. The first-order valence-corrected chi connectivity index (χ1v) is 9.61. The van der Waals surface area contributed by atoms with Gasteiger partial charge in [0.2, 0.25) is 0 Å². The van der Waals surface area contributed by atoms with Crippen molar-refractivity contribution in [1.82, 2.24) is 9.13 Å². The van der Waals surface area contributed by atoms with Gasteiger partial charge in [0.25, 0.3) is 0 Å². The van der Waals surface area contributed by atoms with Gasteiger partial charge in [-0.2, -0.15) is 13.2 Å². The third-order valence-electron chi connectivity index (χ3n) is 4.39. The van der Waals surface area contributed by atoms with E-state index in [0.29, 0.717) is 10.6 Å². The molecule has 2 aromatic carbocycles. The number of hydrogen-bond acceptors (Lipinski definition) is 5. The van der Waals surface area contributed by atoms with Crippen LogP contribution in [0.1, 0.15) is 12.6 Å². The number of para-hydroxylation sites is 2. The first kappa shape index (κ1) is 24.1. The first-order chi connectivity index (χ1) is 15.4. The van der Waals surface area contributed by atoms with Gasteiger partial charge in [0.1, 0.15) is 29.4 Å². The van der Waals surface area contributed by atoms with Crippen LogP contribution in [-0.4, -0.2) is 21.5 Å². The summed E-state index contributed by atoms with van der Waals surface area (Å²) < 4.78 is 65.9. The molecule has 7 nitrogen and oxygen atoms in total. The normalized spacial score (nSPS) is 11.4. The molecule has 0 aliphatic carbocycles. The van der Waals surface area contributed by atoms with Gasteiger partial charge < -0.3 is 9.47 Å². The lowest BCUT2D eigenvalue weighted by atomic mass is 10.2. The molecule has 0 bridgehead atoms. The van der Waals surface area contributed by atoms with Crippen LogP contribution in [0.4, 0.5) is 17.6 Å². The summed E-state index contributed by atoms with van der Waals surface area (Å²) in [4.78, 5) is 23.8. The number of ether oxygens (including phenoxy) is 2. The van der Waals surface area contributed by atoms with E-state index < -0.39 is 34.6 Å². The first-order valence-electron chi connectivity index (χ1n) is 9.23. The monoisotopic (exact) mass is 485 g/mol. The summed E-state index contributed by atoms with van der Waals surface area (Å²) in [6, 6.07) is 8.39. The standard InChI is InChI=1S/C21H16ClF4N3O4/c1-11(30)10-32-15-5-3-4-6-16(15)33-17-8-14(13(23)7-12(17)22)29-19(27)9-18(21(24,25)26)28(2)20(29)31/h3-9,27H,10H2,1-2H3. The van der Waals surface area contributed by atoms with Gasteiger partial charge in [-0.05, 0) is 25.1 Å². The molecule has 0 aliphatic rings. The number of alkyl halides is 3. The second kappa shape index (κ2) is 9.10. The number of benzene rings is 2. The van der Waals surface area contributed by atoms with Gasteiger partial charge in [-0.25, -0.2) is 13.8 Å². The summed E-state index contributed by atoms with van der Waals surface area (Å²) in [6.07, 6.45) is -4.89. The fourth-order valence-corrected chi connectivity index (χ4v) is 3.06. The van der Waals surface area contributed by atoms with Crippen molar-refractivity contribution in [3.63, 3.8) is 0 Å². The number of nitrogens with one attached hydrogen (secondary N) is 1. The van der Waals surface area contributed by atoms with Crippen molar-refractivity contribution in [3.8, 4) is 22.9 Å². The Morgan fingerprint density at radius 2 is 1.76 bits per heavy atom. The van der Waals surface area contributed by atoms with E-state index in [1.165, 1.54) is 19.1 Å². The zero-order valence-corrected chi connectivity index (χ0v) is 17.9. The highest BCUT2D eigenvalue weighted by molar-refractivity contribution is 6.32. The molecule has 0 atom stereocenters. The highest BCUT2D eigenvalue weighted by Gasteiger charge is 2.34. The second-order valence-corrected chi connectivity index (χ2v) is 7.27. The van der Waals surface area contributed by atoms with E-state index in [1.807, 2.05) is 0 Å². The van der Waals surface area contributed by atoms with Gasteiger partial charge >= 0.3 is 11.9 Å². The fourth-order valence-electron chi connectivity index (χ4n) is 2.87. The summed E-state index contributed by atoms with van der Waals surface area (Å²) in [5, 5.41) is 7.68. The number of hydrogen-bond donors (Lipinski definition) is 1. The lowest BCUT2D eigenvalue weighted by Gasteiger charge is -2.17. The maximum absolute atomic E-state index is 14.7. The molecule has 33 heavy (non-hydrogen) atoms. The molecule has 3 aromatic rings. The van der Waals surface area contributed by atoms with E-state index in [0.717, 1.165) is 19.2 Å². The van der Waals surface area contributed by atoms with Crippen molar-refractivity contribution in [2.45, 2.75) is 13.1 Å². The highest BCUT2D eigenvalue weighted by atomic mass is 35.5. The minimum atomic E-state index is -4.89. The van der Waals surface area contributed by atoms with Crippen LogP contribution in [0.15, 0.2) is 47.3 Å². The number of halogens is 5. The van der Waals surface area contributed by atoms with Crippen LogP contribution < -0.4 is 20.7 Å². The number of aromatic nitrogens is 2. The van der Waals surface area contributed by atoms with Crippen LogP contribution in [0.25, 0.3) is 5.69 Å². The topological polar surface area (TPSA) is 86.3 Å². The van der Waals surface area contributed by atoms with Crippen molar-refractivity contribution in [1.29, 1.82) is 5.41 Å². The van der Waals surface area contributed by atoms with Crippen molar-refractivity contribution in [2.24, 2.45) is 7.05 Å². The molecule has 0 saturated carbocycles. The predicted octanol–water partition coefficient (Wildman–Crippen LogP) is 4.23. The molecule has 0 fully saturated rings. The van der Waals surface area contributed by atoms with Crippen molar-refractivity contribution in [2.75, 3.05) is 6.61 Å². The molecule has 0 amide bonds. The Hall–Kier alpha value is -3.60. The number of Topliss-reactive ketones (excluding diaryl/α,β-unsaturated/α-hetero) is 1. The van der Waals surface area contributed by atoms with Crippen LogP contribution in [0.3, 0.4) is 0 Å². The van der Waals surface area contributed by atoms with Gasteiger partial charge in [-0.1, -0.05) is 23.7 Å². The molecule has 12 heteroatoms. The van der Waals surface area contributed by atoms with Gasteiger partial charge in [-0.15, -0.1) is 0 Å².